The van der Waals surface area contributed by atoms with Crippen molar-refractivity contribution in [1.82, 2.24) is 4.98 Å². The quantitative estimate of drug-likeness (QED) is 0.624. The zero-order chi connectivity index (χ0) is 9.42. The van der Waals surface area contributed by atoms with Gasteiger partial charge in [0.1, 0.15) is 0 Å². The minimum absolute atomic E-state index is 0.675. The molecule has 1 unspecified atom stereocenters. The maximum atomic E-state index is 4.56. The van der Waals surface area contributed by atoms with E-state index in [-0.39, 0.29) is 0 Å². The van der Waals surface area contributed by atoms with Gasteiger partial charge in [-0.15, -0.1) is 11.3 Å². The van der Waals surface area contributed by atoms with Gasteiger partial charge in [-0.25, -0.2) is 4.98 Å². The minimum atomic E-state index is 0.675. The van der Waals surface area contributed by atoms with Crippen LogP contribution in [0.25, 0.3) is 0 Å². The molecule has 70 valence electrons. The van der Waals surface area contributed by atoms with Crippen molar-refractivity contribution in [2.75, 3.05) is 0 Å². The average molecular weight is 193 g/mol. The van der Waals surface area contributed by atoms with Gasteiger partial charge in [0.05, 0.1) is 10.7 Å². The van der Waals surface area contributed by atoms with Crippen molar-refractivity contribution in [3.05, 3.63) is 27.7 Å². The Morgan fingerprint density at radius 1 is 1.62 bits per heavy atom. The first-order valence-corrected chi connectivity index (χ1v) is 5.59. The molecule has 1 aliphatic carbocycles. The lowest BCUT2D eigenvalue weighted by atomic mass is 9.86. The molecule has 1 nitrogen and oxygen atoms in total. The van der Waals surface area contributed by atoms with Gasteiger partial charge in [-0.1, -0.05) is 12.2 Å². The van der Waals surface area contributed by atoms with Crippen LogP contribution in [0, 0.1) is 12.8 Å². The summed E-state index contributed by atoms with van der Waals surface area (Å²) < 4.78 is 0. The smallest absolute Gasteiger partial charge is 0.0900 e. The normalized spacial score (nSPS) is 21.2. The van der Waals surface area contributed by atoms with Crippen molar-refractivity contribution >= 4 is 11.3 Å². The first-order valence-electron chi connectivity index (χ1n) is 4.77. The minimum Gasteiger partial charge on any atom is -0.246 e. The molecule has 0 radical (unpaired) electrons. The van der Waals surface area contributed by atoms with Crippen LogP contribution in [0.3, 0.4) is 0 Å². The van der Waals surface area contributed by atoms with E-state index in [4.69, 9.17) is 0 Å². The van der Waals surface area contributed by atoms with E-state index in [1.165, 1.54) is 34.0 Å². The van der Waals surface area contributed by atoms with Crippen LogP contribution in [0.1, 0.15) is 28.9 Å². The Morgan fingerprint density at radius 2 is 2.38 bits per heavy atom. The molecule has 0 aromatic carbocycles. The second kappa shape index (κ2) is 3.26. The standard InChI is InChI=1S/C11H15NS/c1-7(2)9-4-5-11-10(6-9)12-8(3)13-11/h9H,1,4-6H2,2-3H3. The fourth-order valence-electron chi connectivity index (χ4n) is 1.93. The molecule has 1 heterocycles. The first-order chi connectivity index (χ1) is 6.16. The number of hydrogen-bond donors (Lipinski definition) is 0. The Hall–Kier alpha value is -0.630. The fourth-order valence-corrected chi connectivity index (χ4v) is 2.91. The lowest BCUT2D eigenvalue weighted by Gasteiger charge is -2.20. The third kappa shape index (κ3) is 1.68. The van der Waals surface area contributed by atoms with Crippen molar-refractivity contribution in [1.29, 1.82) is 0 Å². The van der Waals surface area contributed by atoms with Gasteiger partial charge >= 0.3 is 0 Å². The van der Waals surface area contributed by atoms with Gasteiger partial charge in [0.25, 0.3) is 0 Å². The Bertz CT molecular complexity index is 338. The summed E-state index contributed by atoms with van der Waals surface area (Å²) >= 11 is 1.86. The second-order valence-electron chi connectivity index (χ2n) is 3.89. The van der Waals surface area contributed by atoms with Crippen LogP contribution in [-0.4, -0.2) is 4.98 Å². The number of fused-ring (bicyclic) bond motifs is 1. The Labute approximate surface area is 83.5 Å². The molecule has 0 saturated heterocycles. The molecule has 2 rings (SSSR count). The highest BCUT2D eigenvalue weighted by Crippen LogP contribution is 2.32. The van der Waals surface area contributed by atoms with E-state index in [0.29, 0.717) is 5.92 Å². The molecule has 0 aliphatic heterocycles. The molecule has 2 heteroatoms. The predicted octanol–water partition coefficient (Wildman–Crippen LogP) is 3.13. The van der Waals surface area contributed by atoms with E-state index < -0.39 is 0 Å². The molecular weight excluding hydrogens is 178 g/mol. The van der Waals surface area contributed by atoms with Crippen molar-refractivity contribution in [3.63, 3.8) is 0 Å². The summed E-state index contributed by atoms with van der Waals surface area (Å²) in [6.45, 7) is 8.26. The zero-order valence-corrected chi connectivity index (χ0v) is 9.08. The molecule has 0 N–H and O–H groups in total. The second-order valence-corrected chi connectivity index (χ2v) is 5.18. The summed E-state index contributed by atoms with van der Waals surface area (Å²) in [6.07, 6.45) is 3.59. The van der Waals surface area contributed by atoms with Crippen molar-refractivity contribution in [3.8, 4) is 0 Å². The molecular formula is C11H15NS. The van der Waals surface area contributed by atoms with Crippen LogP contribution in [0.4, 0.5) is 0 Å². The predicted molar refractivity (Wildman–Crippen MR) is 57.2 cm³/mol. The number of thiazole rings is 1. The Morgan fingerprint density at radius 3 is 3.08 bits per heavy atom. The number of aryl methyl sites for hydroxylation is 2. The zero-order valence-electron chi connectivity index (χ0n) is 8.26. The topological polar surface area (TPSA) is 12.9 Å². The van der Waals surface area contributed by atoms with E-state index in [1.807, 2.05) is 11.3 Å². The van der Waals surface area contributed by atoms with Gasteiger partial charge in [-0.3, -0.25) is 0 Å². The number of hydrogen-bond acceptors (Lipinski definition) is 2. The molecule has 1 aromatic rings. The lowest BCUT2D eigenvalue weighted by molar-refractivity contribution is 0.524. The van der Waals surface area contributed by atoms with Crippen LogP contribution >= 0.6 is 11.3 Å². The summed E-state index contributed by atoms with van der Waals surface area (Å²) in [5.41, 5.74) is 2.65. The van der Waals surface area contributed by atoms with Crippen molar-refractivity contribution in [2.45, 2.75) is 33.1 Å². The molecule has 1 aromatic heterocycles. The van der Waals surface area contributed by atoms with Crippen molar-refractivity contribution < 1.29 is 0 Å². The summed E-state index contributed by atoms with van der Waals surface area (Å²) in [7, 11) is 0. The SMILES string of the molecule is C=C(C)C1CCc2sc(C)nc2C1. The number of allylic oxidation sites excluding steroid dienone is 1. The van der Waals surface area contributed by atoms with Crippen LogP contribution in [-0.2, 0) is 12.8 Å². The number of nitrogens with zero attached hydrogens (tertiary/aromatic N) is 1. The molecule has 1 atom stereocenters. The third-order valence-corrected chi connectivity index (χ3v) is 3.81. The van der Waals surface area contributed by atoms with Gasteiger partial charge < -0.3 is 0 Å². The van der Waals surface area contributed by atoms with Crippen LogP contribution in [0.15, 0.2) is 12.2 Å². The highest BCUT2D eigenvalue weighted by Gasteiger charge is 2.21. The number of rotatable bonds is 1. The van der Waals surface area contributed by atoms with Gasteiger partial charge in [0.15, 0.2) is 0 Å². The van der Waals surface area contributed by atoms with Crippen LogP contribution < -0.4 is 0 Å². The lowest BCUT2D eigenvalue weighted by Crippen LogP contribution is -2.13. The summed E-state index contributed by atoms with van der Waals surface area (Å²) in [4.78, 5) is 6.07. The van der Waals surface area contributed by atoms with Gasteiger partial charge in [-0.2, -0.15) is 0 Å². The van der Waals surface area contributed by atoms with Crippen LogP contribution in [0.2, 0.25) is 0 Å². The third-order valence-electron chi connectivity index (χ3n) is 2.74. The van der Waals surface area contributed by atoms with Gasteiger partial charge in [0, 0.05) is 4.88 Å². The Balaban J connectivity index is 2.24. The molecule has 13 heavy (non-hydrogen) atoms. The van der Waals surface area contributed by atoms with E-state index in [1.54, 1.807) is 0 Å². The summed E-state index contributed by atoms with van der Waals surface area (Å²) in [6, 6.07) is 0. The van der Waals surface area contributed by atoms with E-state index >= 15 is 0 Å². The Kier molecular flexibility index (Phi) is 2.24. The molecule has 0 amide bonds. The van der Waals surface area contributed by atoms with E-state index in [9.17, 15) is 0 Å². The summed E-state index contributed by atoms with van der Waals surface area (Å²) in [5, 5.41) is 1.22. The maximum Gasteiger partial charge on any atom is 0.0900 e. The molecule has 1 aliphatic rings. The highest BCUT2D eigenvalue weighted by molar-refractivity contribution is 7.11. The fraction of sp³-hybridized carbons (Fsp3) is 0.545. The van der Waals surface area contributed by atoms with E-state index in [2.05, 4.69) is 25.4 Å². The molecule has 0 bridgehead atoms. The van der Waals surface area contributed by atoms with Crippen LogP contribution in [0.5, 0.6) is 0 Å². The monoisotopic (exact) mass is 193 g/mol. The average Bonchev–Trinajstić information content (AvgIpc) is 2.42. The maximum absolute atomic E-state index is 4.56. The number of aromatic nitrogens is 1. The molecule has 0 spiro atoms. The van der Waals surface area contributed by atoms with Crippen molar-refractivity contribution in [2.24, 2.45) is 5.92 Å². The van der Waals surface area contributed by atoms with Gasteiger partial charge in [0.2, 0.25) is 0 Å². The summed E-state index contributed by atoms with van der Waals surface area (Å²) in [5.74, 6) is 0.675. The molecule has 0 fully saturated rings. The van der Waals surface area contributed by atoms with E-state index in [0.717, 1.165) is 6.42 Å². The highest BCUT2D eigenvalue weighted by atomic mass is 32.1. The first kappa shape index (κ1) is 8.95. The van der Waals surface area contributed by atoms with Gasteiger partial charge in [-0.05, 0) is 39.0 Å². The largest absolute Gasteiger partial charge is 0.246 e. The molecule has 0 saturated carbocycles.